The van der Waals surface area contributed by atoms with Gasteiger partial charge in [-0.2, -0.15) is 0 Å². The standard InChI is InChI=1S/C16H36NO3P/c1-4-6-7-8-9-10-11-12-13-14-16(17)21(18,19)20-15(3)5-2/h15-16H,4-14,17H2,1-3H3,(H,18,19). The molecule has 128 valence electrons. The van der Waals surface area contributed by atoms with Crippen molar-refractivity contribution in [2.24, 2.45) is 5.73 Å². The van der Waals surface area contributed by atoms with E-state index in [0.29, 0.717) is 6.42 Å². The summed E-state index contributed by atoms with van der Waals surface area (Å²) >= 11 is 0. The van der Waals surface area contributed by atoms with Gasteiger partial charge in [-0.05, 0) is 19.8 Å². The second-order valence-electron chi connectivity index (χ2n) is 6.07. The predicted molar refractivity (Wildman–Crippen MR) is 90.5 cm³/mol. The Hall–Kier alpha value is 0.110. The number of rotatable bonds is 14. The van der Waals surface area contributed by atoms with Gasteiger partial charge in [0.1, 0.15) is 5.78 Å². The van der Waals surface area contributed by atoms with Crippen LogP contribution in [0.15, 0.2) is 0 Å². The van der Waals surface area contributed by atoms with E-state index in [-0.39, 0.29) is 6.10 Å². The third-order valence-electron chi connectivity index (χ3n) is 3.93. The maximum atomic E-state index is 12.0. The van der Waals surface area contributed by atoms with Gasteiger partial charge in [0.15, 0.2) is 0 Å². The van der Waals surface area contributed by atoms with Gasteiger partial charge < -0.3 is 15.2 Å². The molecule has 3 unspecified atom stereocenters. The van der Waals surface area contributed by atoms with Crippen molar-refractivity contribution in [2.45, 2.75) is 103 Å². The molecule has 0 radical (unpaired) electrons. The van der Waals surface area contributed by atoms with Crippen molar-refractivity contribution >= 4 is 7.60 Å². The molecule has 0 saturated heterocycles. The van der Waals surface area contributed by atoms with Crippen LogP contribution in [0.5, 0.6) is 0 Å². The summed E-state index contributed by atoms with van der Waals surface area (Å²) in [7, 11) is -3.65. The second-order valence-corrected chi connectivity index (χ2v) is 8.08. The molecule has 0 spiro atoms. The molecule has 3 atom stereocenters. The number of hydrogen-bond donors (Lipinski definition) is 2. The molecule has 21 heavy (non-hydrogen) atoms. The molecule has 0 aromatic carbocycles. The lowest BCUT2D eigenvalue weighted by molar-refractivity contribution is 0.179. The Morgan fingerprint density at radius 2 is 1.48 bits per heavy atom. The minimum atomic E-state index is -3.65. The van der Waals surface area contributed by atoms with Crippen LogP contribution in [0.3, 0.4) is 0 Å². The van der Waals surface area contributed by atoms with Gasteiger partial charge >= 0.3 is 7.60 Å². The maximum absolute atomic E-state index is 12.0. The molecule has 0 saturated carbocycles. The van der Waals surface area contributed by atoms with E-state index in [1.807, 2.05) is 6.92 Å². The fourth-order valence-electron chi connectivity index (χ4n) is 2.24. The highest BCUT2D eigenvalue weighted by Crippen LogP contribution is 2.48. The van der Waals surface area contributed by atoms with Crippen molar-refractivity contribution in [3.05, 3.63) is 0 Å². The molecule has 0 aliphatic carbocycles. The van der Waals surface area contributed by atoms with E-state index >= 15 is 0 Å². The van der Waals surface area contributed by atoms with Gasteiger partial charge in [0.25, 0.3) is 0 Å². The highest BCUT2D eigenvalue weighted by atomic mass is 31.2. The molecule has 0 bridgehead atoms. The summed E-state index contributed by atoms with van der Waals surface area (Å²) in [6.07, 6.45) is 12.2. The molecule has 0 heterocycles. The summed E-state index contributed by atoms with van der Waals surface area (Å²) in [5.41, 5.74) is 5.81. The number of unbranched alkanes of at least 4 members (excludes halogenated alkanes) is 8. The Bertz CT molecular complexity index is 287. The van der Waals surface area contributed by atoms with Crippen LogP contribution in [0.4, 0.5) is 0 Å². The van der Waals surface area contributed by atoms with Gasteiger partial charge in [-0.15, -0.1) is 0 Å². The van der Waals surface area contributed by atoms with Crippen molar-refractivity contribution < 1.29 is 14.0 Å². The number of nitrogens with two attached hydrogens (primary N) is 1. The van der Waals surface area contributed by atoms with E-state index in [1.54, 1.807) is 6.92 Å². The van der Waals surface area contributed by atoms with E-state index in [4.69, 9.17) is 10.3 Å². The molecule has 0 aliphatic heterocycles. The molecule has 0 rings (SSSR count). The largest absolute Gasteiger partial charge is 0.344 e. The SMILES string of the molecule is CCCCCCCCCCCC(N)P(=O)(O)OC(C)CC. The third kappa shape index (κ3) is 11.3. The van der Waals surface area contributed by atoms with Crippen LogP contribution in [-0.4, -0.2) is 16.8 Å². The zero-order chi connectivity index (χ0) is 16.1. The molecule has 4 nitrogen and oxygen atoms in total. The van der Waals surface area contributed by atoms with Crippen molar-refractivity contribution in [3.63, 3.8) is 0 Å². The normalized spacial score (nSPS) is 17.4. The van der Waals surface area contributed by atoms with E-state index in [1.165, 1.54) is 44.9 Å². The molecule has 0 aromatic rings. The minimum Gasteiger partial charge on any atom is -0.323 e. The monoisotopic (exact) mass is 321 g/mol. The highest BCUT2D eigenvalue weighted by molar-refractivity contribution is 7.53. The van der Waals surface area contributed by atoms with Crippen LogP contribution >= 0.6 is 7.60 Å². The van der Waals surface area contributed by atoms with Crippen LogP contribution in [0, 0.1) is 0 Å². The Morgan fingerprint density at radius 3 is 1.95 bits per heavy atom. The molecule has 3 N–H and O–H groups in total. The molecule has 0 fully saturated rings. The number of hydrogen-bond acceptors (Lipinski definition) is 3. The maximum Gasteiger partial charge on any atom is 0.344 e. The lowest BCUT2D eigenvalue weighted by Gasteiger charge is -2.22. The summed E-state index contributed by atoms with van der Waals surface area (Å²) in [5, 5.41) is 0. The Morgan fingerprint density at radius 1 is 1.00 bits per heavy atom. The predicted octanol–water partition coefficient (Wildman–Crippen LogP) is 5.19. The van der Waals surface area contributed by atoms with Crippen LogP contribution in [0.1, 0.15) is 91.4 Å². The van der Waals surface area contributed by atoms with Gasteiger partial charge in [-0.3, -0.25) is 4.57 Å². The lowest BCUT2D eigenvalue weighted by Crippen LogP contribution is -2.23. The van der Waals surface area contributed by atoms with Crippen LogP contribution in [0.25, 0.3) is 0 Å². The summed E-state index contributed by atoms with van der Waals surface area (Å²) in [6.45, 7) is 5.96. The van der Waals surface area contributed by atoms with Crippen molar-refractivity contribution in [3.8, 4) is 0 Å². The first-order valence-corrected chi connectivity index (χ1v) is 10.3. The van der Waals surface area contributed by atoms with Gasteiger partial charge in [0.05, 0.1) is 6.10 Å². The van der Waals surface area contributed by atoms with Crippen molar-refractivity contribution in [1.82, 2.24) is 0 Å². The Kier molecular flexibility index (Phi) is 12.7. The highest BCUT2D eigenvalue weighted by Gasteiger charge is 2.30. The Balaban J connectivity index is 3.60. The zero-order valence-corrected chi connectivity index (χ0v) is 15.1. The summed E-state index contributed by atoms with van der Waals surface area (Å²) in [6, 6.07) is 0. The zero-order valence-electron chi connectivity index (χ0n) is 14.2. The molecule has 0 amide bonds. The molecule has 0 aliphatic rings. The first-order valence-electron chi connectivity index (χ1n) is 8.70. The average Bonchev–Trinajstić information content (AvgIpc) is 2.44. The molecule has 5 heteroatoms. The summed E-state index contributed by atoms with van der Waals surface area (Å²) < 4.78 is 17.1. The first kappa shape index (κ1) is 21.1. The fourth-order valence-corrected chi connectivity index (χ4v) is 3.57. The smallest absolute Gasteiger partial charge is 0.323 e. The van der Waals surface area contributed by atoms with E-state index in [2.05, 4.69) is 6.92 Å². The van der Waals surface area contributed by atoms with Gasteiger partial charge in [0.2, 0.25) is 0 Å². The molecular formula is C16H36NO3P. The van der Waals surface area contributed by atoms with Crippen molar-refractivity contribution in [2.75, 3.05) is 0 Å². The summed E-state index contributed by atoms with van der Waals surface area (Å²) in [4.78, 5) is 9.82. The Labute approximate surface area is 131 Å². The van der Waals surface area contributed by atoms with E-state index in [0.717, 1.165) is 19.3 Å². The molecular weight excluding hydrogens is 285 g/mol. The topological polar surface area (TPSA) is 72.6 Å². The quantitative estimate of drug-likeness (QED) is 0.341. The average molecular weight is 321 g/mol. The van der Waals surface area contributed by atoms with Gasteiger partial charge in [-0.1, -0.05) is 71.6 Å². The fraction of sp³-hybridized carbons (Fsp3) is 1.00. The first-order chi connectivity index (χ1) is 9.94. The molecule has 0 aromatic heterocycles. The summed E-state index contributed by atoms with van der Waals surface area (Å²) in [5.74, 6) is -0.740. The van der Waals surface area contributed by atoms with Crippen LogP contribution in [0.2, 0.25) is 0 Å². The van der Waals surface area contributed by atoms with Gasteiger partial charge in [0, 0.05) is 0 Å². The van der Waals surface area contributed by atoms with Crippen LogP contribution < -0.4 is 5.73 Å². The van der Waals surface area contributed by atoms with Crippen molar-refractivity contribution in [1.29, 1.82) is 0 Å². The lowest BCUT2D eigenvalue weighted by atomic mass is 10.1. The minimum absolute atomic E-state index is 0.213. The second kappa shape index (κ2) is 12.6. The van der Waals surface area contributed by atoms with E-state index in [9.17, 15) is 9.46 Å². The van der Waals surface area contributed by atoms with Gasteiger partial charge in [-0.25, -0.2) is 0 Å². The van der Waals surface area contributed by atoms with E-state index < -0.39 is 13.4 Å². The third-order valence-corrected chi connectivity index (χ3v) is 5.69. The van der Waals surface area contributed by atoms with Crippen LogP contribution in [-0.2, 0) is 9.09 Å².